The highest BCUT2D eigenvalue weighted by atomic mass is 35.5. The molecule has 1 saturated heterocycles. The molecule has 288 valence electrons. The molecule has 2 aliphatic heterocycles. The lowest BCUT2D eigenvalue weighted by Crippen LogP contribution is -2.59. The third-order valence-electron chi connectivity index (χ3n) is 9.54. The maximum atomic E-state index is 14.9. The fraction of sp³-hybridized carbons (Fsp3) is 0.390. The second-order valence-electron chi connectivity index (χ2n) is 14.6. The van der Waals surface area contributed by atoms with Crippen molar-refractivity contribution in [2.45, 2.75) is 56.6 Å². The number of likely N-dealkylation sites (tertiary alicyclic amines) is 1. The molecule has 1 fully saturated rings. The molecule has 2 heterocycles. The number of piperidine rings is 1. The summed E-state index contributed by atoms with van der Waals surface area (Å²) in [5.41, 5.74) is 0.560. The summed E-state index contributed by atoms with van der Waals surface area (Å²) in [6.07, 6.45) is 4.27. The number of ether oxygens (including phenoxy) is 2. The van der Waals surface area contributed by atoms with Crippen LogP contribution >= 0.6 is 11.6 Å². The van der Waals surface area contributed by atoms with Crippen LogP contribution in [-0.2, 0) is 30.7 Å². The number of para-hydroxylation sites is 1. The number of carbonyl (C=O) groups excluding carboxylic acids is 3. The van der Waals surface area contributed by atoms with Gasteiger partial charge in [-0.25, -0.2) is 13.2 Å². The van der Waals surface area contributed by atoms with E-state index in [4.69, 9.17) is 21.1 Å². The van der Waals surface area contributed by atoms with E-state index in [1.807, 2.05) is 24.3 Å². The monoisotopic (exact) mass is 776 g/mol. The van der Waals surface area contributed by atoms with Gasteiger partial charge in [-0.3, -0.25) is 13.9 Å². The number of hydrogen-bond acceptors (Lipinski definition) is 7. The molecule has 5 rings (SSSR count). The van der Waals surface area contributed by atoms with Gasteiger partial charge in [0.1, 0.15) is 5.60 Å². The van der Waals surface area contributed by atoms with Crippen molar-refractivity contribution in [3.63, 3.8) is 0 Å². The summed E-state index contributed by atoms with van der Waals surface area (Å²) in [5, 5.41) is 3.02. The van der Waals surface area contributed by atoms with Gasteiger partial charge in [0.15, 0.2) is 0 Å². The van der Waals surface area contributed by atoms with Crippen molar-refractivity contribution >= 4 is 45.2 Å². The number of halogens is 1. The number of fused-ring (bicyclic) bond motifs is 1. The number of nitrogens with zero attached hydrogens (tertiary/aromatic N) is 3. The molecule has 0 saturated carbocycles. The average molecular weight is 777 g/mol. The molecule has 11 nitrogen and oxygen atoms in total. The molecule has 0 bridgehead atoms. The number of sulfonamides is 1. The van der Waals surface area contributed by atoms with Crippen LogP contribution in [0.25, 0.3) is 0 Å². The van der Waals surface area contributed by atoms with E-state index < -0.39 is 39.1 Å². The molecule has 0 aromatic heterocycles. The maximum Gasteiger partial charge on any atom is 0.410 e. The molecule has 3 aromatic carbocycles. The number of benzene rings is 3. The van der Waals surface area contributed by atoms with Crippen LogP contribution in [-0.4, -0.2) is 87.7 Å². The molecule has 3 amide bonds. The summed E-state index contributed by atoms with van der Waals surface area (Å²) in [6.45, 7) is 14.1. The molecule has 2 unspecified atom stereocenters. The van der Waals surface area contributed by atoms with Crippen molar-refractivity contribution in [1.29, 1.82) is 0 Å². The lowest BCUT2D eigenvalue weighted by atomic mass is 9.77. The highest BCUT2D eigenvalue weighted by Crippen LogP contribution is 2.39. The number of anilines is 1. The first-order chi connectivity index (χ1) is 25.7. The van der Waals surface area contributed by atoms with Crippen molar-refractivity contribution in [3.8, 4) is 0 Å². The minimum Gasteiger partial charge on any atom is -0.444 e. The van der Waals surface area contributed by atoms with Crippen LogP contribution in [0, 0.1) is 5.41 Å². The topological polar surface area (TPSA) is 126 Å². The van der Waals surface area contributed by atoms with Crippen molar-refractivity contribution in [2.24, 2.45) is 5.41 Å². The Labute approximate surface area is 323 Å². The SMILES string of the molecule is C=CCOCC1(C(=O)N2CCc3ccccc3C2CNC(=O)c2cc(S(=O)(=O)N(CC=C)c3ccccc3)ccc2Cl)CCCN(C(=O)OC(C)(C)C)C1. The van der Waals surface area contributed by atoms with Crippen LogP contribution in [0.1, 0.15) is 61.1 Å². The van der Waals surface area contributed by atoms with Crippen molar-refractivity contribution in [1.82, 2.24) is 15.1 Å². The number of hydrogen-bond donors (Lipinski definition) is 1. The number of carbonyl (C=O) groups is 3. The molecular weight excluding hydrogens is 728 g/mol. The van der Waals surface area contributed by atoms with Gasteiger partial charge < -0.3 is 24.6 Å². The summed E-state index contributed by atoms with van der Waals surface area (Å²) in [5.74, 6) is -0.789. The molecule has 0 aliphatic carbocycles. The highest BCUT2D eigenvalue weighted by molar-refractivity contribution is 7.92. The summed E-state index contributed by atoms with van der Waals surface area (Å²) in [4.78, 5) is 45.3. The zero-order valence-electron chi connectivity index (χ0n) is 31.1. The first kappa shape index (κ1) is 40.5. The lowest BCUT2D eigenvalue weighted by molar-refractivity contribution is -0.153. The highest BCUT2D eigenvalue weighted by Gasteiger charge is 2.48. The Hall–Kier alpha value is -4.65. The fourth-order valence-corrected chi connectivity index (χ4v) is 8.70. The van der Waals surface area contributed by atoms with Gasteiger partial charge in [-0.2, -0.15) is 0 Å². The standard InChI is InChI=1S/C41H49ClN4O7S/c1-6-22-46(31-15-9-8-10-16-31)54(50,51)32-18-19-35(42)34(26-32)37(47)43-27-36-33-17-12-11-14-30(33)20-24-45(36)38(48)41(29-52-25-7-2)21-13-23-44(28-41)39(49)53-40(3,4)5/h6-12,14-19,26,36H,1-2,13,20-25,27-29H2,3-5H3,(H,43,47). The number of rotatable bonds is 13. The second-order valence-corrected chi connectivity index (χ2v) is 16.8. The normalized spacial score (nSPS) is 18.6. The first-order valence-electron chi connectivity index (χ1n) is 18.0. The molecule has 1 N–H and O–H groups in total. The van der Waals surface area contributed by atoms with Crippen molar-refractivity contribution in [2.75, 3.05) is 50.2 Å². The predicted molar refractivity (Wildman–Crippen MR) is 210 cm³/mol. The maximum absolute atomic E-state index is 14.9. The third-order valence-corrected chi connectivity index (χ3v) is 11.7. The molecule has 54 heavy (non-hydrogen) atoms. The lowest BCUT2D eigenvalue weighted by Gasteiger charge is -2.47. The molecular formula is C41H49ClN4O7S. The third kappa shape index (κ3) is 9.17. The van der Waals surface area contributed by atoms with Crippen molar-refractivity contribution in [3.05, 3.63) is 120 Å². The van der Waals surface area contributed by atoms with Gasteiger partial charge in [0, 0.05) is 26.2 Å². The molecule has 2 atom stereocenters. The van der Waals surface area contributed by atoms with Gasteiger partial charge in [0.2, 0.25) is 5.91 Å². The minimum absolute atomic E-state index is 0.0110. The Morgan fingerprint density at radius 2 is 1.74 bits per heavy atom. The van der Waals surface area contributed by atoms with Crippen LogP contribution in [0.3, 0.4) is 0 Å². The van der Waals surface area contributed by atoms with E-state index in [-0.39, 0.29) is 54.2 Å². The van der Waals surface area contributed by atoms with E-state index in [1.54, 1.807) is 67.0 Å². The minimum atomic E-state index is -4.12. The van der Waals surface area contributed by atoms with Crippen LogP contribution in [0.2, 0.25) is 5.02 Å². The Morgan fingerprint density at radius 3 is 2.44 bits per heavy atom. The average Bonchev–Trinajstić information content (AvgIpc) is 3.15. The summed E-state index contributed by atoms with van der Waals surface area (Å²) in [6, 6.07) is 19.8. The summed E-state index contributed by atoms with van der Waals surface area (Å²) < 4.78 is 40.6. The van der Waals surface area contributed by atoms with Crippen LogP contribution in [0.15, 0.2) is 103 Å². The molecule has 0 spiro atoms. The van der Waals surface area contributed by atoms with Crippen LogP contribution in [0.4, 0.5) is 10.5 Å². The van der Waals surface area contributed by atoms with Gasteiger partial charge in [-0.15, -0.1) is 13.2 Å². The molecule has 2 aliphatic rings. The second kappa shape index (κ2) is 17.2. The first-order valence-corrected chi connectivity index (χ1v) is 19.8. The van der Waals surface area contributed by atoms with Gasteiger partial charge in [-0.1, -0.05) is 66.2 Å². The fourth-order valence-electron chi connectivity index (χ4n) is 7.03. The van der Waals surface area contributed by atoms with E-state index in [0.717, 1.165) is 11.1 Å². The van der Waals surface area contributed by atoms with Gasteiger partial charge in [-0.05, 0) is 81.5 Å². The van der Waals surface area contributed by atoms with E-state index in [2.05, 4.69) is 18.5 Å². The Bertz CT molecular complexity index is 1970. The van der Waals surface area contributed by atoms with Crippen LogP contribution in [0.5, 0.6) is 0 Å². The Morgan fingerprint density at radius 1 is 1.02 bits per heavy atom. The number of nitrogens with one attached hydrogen (secondary N) is 1. The smallest absolute Gasteiger partial charge is 0.410 e. The van der Waals surface area contributed by atoms with Gasteiger partial charge in [0.25, 0.3) is 15.9 Å². The van der Waals surface area contributed by atoms with Crippen molar-refractivity contribution < 1.29 is 32.3 Å². The number of amides is 3. The van der Waals surface area contributed by atoms with E-state index in [1.165, 1.54) is 28.6 Å². The zero-order chi connectivity index (χ0) is 39.1. The molecule has 3 aromatic rings. The zero-order valence-corrected chi connectivity index (χ0v) is 32.7. The van der Waals surface area contributed by atoms with Gasteiger partial charge in [0.05, 0.1) is 52.4 Å². The quantitative estimate of drug-likeness (QED) is 0.150. The molecule has 13 heteroatoms. The van der Waals surface area contributed by atoms with Crippen LogP contribution < -0.4 is 9.62 Å². The summed E-state index contributed by atoms with van der Waals surface area (Å²) >= 11 is 6.53. The van der Waals surface area contributed by atoms with E-state index in [0.29, 0.717) is 38.0 Å². The largest absolute Gasteiger partial charge is 0.444 e. The van der Waals surface area contributed by atoms with Gasteiger partial charge >= 0.3 is 6.09 Å². The molecule has 0 radical (unpaired) electrons. The van der Waals surface area contributed by atoms with E-state index >= 15 is 0 Å². The predicted octanol–water partition coefficient (Wildman–Crippen LogP) is 6.80. The Kier molecular flexibility index (Phi) is 12.9. The Balaban J connectivity index is 1.43. The summed E-state index contributed by atoms with van der Waals surface area (Å²) in [7, 11) is -4.12. The van der Waals surface area contributed by atoms with E-state index in [9.17, 15) is 22.8 Å².